The van der Waals surface area contributed by atoms with Crippen molar-refractivity contribution in [2.24, 2.45) is 5.73 Å². The van der Waals surface area contributed by atoms with Crippen LogP contribution < -0.4 is 11.1 Å². The van der Waals surface area contributed by atoms with E-state index in [0.29, 0.717) is 0 Å². The molecule has 0 saturated carbocycles. The third kappa shape index (κ3) is 5.30. The van der Waals surface area contributed by atoms with Crippen LogP contribution in [0.1, 0.15) is 19.8 Å². The summed E-state index contributed by atoms with van der Waals surface area (Å²) in [4.78, 5) is 10.5. The van der Waals surface area contributed by atoms with Crippen molar-refractivity contribution in [2.45, 2.75) is 19.8 Å². The lowest BCUT2D eigenvalue weighted by atomic mass is 10.3. The first-order valence-corrected chi connectivity index (χ1v) is 3.28. The quantitative estimate of drug-likeness (QED) is 0.520. The molecular formula is C6H14N2O. The number of unbranched alkanes of at least 4 members (excludes halogenated alkanes) is 1. The Bertz CT molecular complexity index is 83.1. The lowest BCUT2D eigenvalue weighted by Gasteiger charge is -1.99. The number of nitrogens with one attached hydrogen (secondary N) is 1. The molecule has 0 aromatic rings. The predicted octanol–water partition coefficient (Wildman–Crippen LogP) is -0.139. The van der Waals surface area contributed by atoms with Crippen LogP contribution in [-0.2, 0) is 4.79 Å². The molecule has 0 unspecified atom stereocenters. The molecule has 0 radical (unpaired) electrons. The average Bonchev–Trinajstić information content (AvgIpc) is 1.89. The van der Waals surface area contributed by atoms with Crippen LogP contribution in [0.5, 0.6) is 0 Å². The summed E-state index contributed by atoms with van der Waals surface area (Å²) in [5, 5.41) is 2.67. The van der Waals surface area contributed by atoms with Crippen molar-refractivity contribution >= 4 is 5.91 Å². The molecule has 9 heavy (non-hydrogen) atoms. The molecule has 0 fully saturated rings. The van der Waals surface area contributed by atoms with Crippen LogP contribution >= 0.6 is 0 Å². The predicted molar refractivity (Wildman–Crippen MR) is 37.0 cm³/mol. The first-order chi connectivity index (χ1) is 4.31. The normalized spacial score (nSPS) is 9.11. The zero-order valence-corrected chi connectivity index (χ0v) is 5.81. The van der Waals surface area contributed by atoms with Crippen LogP contribution in [-0.4, -0.2) is 19.0 Å². The van der Waals surface area contributed by atoms with E-state index in [2.05, 4.69) is 12.2 Å². The molecule has 0 aliphatic rings. The lowest BCUT2D eigenvalue weighted by molar-refractivity contribution is -0.119. The van der Waals surface area contributed by atoms with Gasteiger partial charge >= 0.3 is 0 Å². The minimum Gasteiger partial charge on any atom is -0.355 e. The Morgan fingerprint density at radius 2 is 2.33 bits per heavy atom. The Balaban J connectivity index is 2.97. The number of hydrogen-bond acceptors (Lipinski definition) is 2. The molecular weight excluding hydrogens is 116 g/mol. The standard InChI is InChI=1S/C6H14N2O/c1-2-3-4-8-6(9)5-7/h2-5,7H2,1H3,(H,8,9). The van der Waals surface area contributed by atoms with E-state index in [1.54, 1.807) is 0 Å². The van der Waals surface area contributed by atoms with E-state index >= 15 is 0 Å². The summed E-state index contributed by atoms with van der Waals surface area (Å²) in [5.41, 5.74) is 5.04. The van der Waals surface area contributed by atoms with Crippen LogP contribution in [0.3, 0.4) is 0 Å². The zero-order chi connectivity index (χ0) is 7.11. The van der Waals surface area contributed by atoms with Gasteiger partial charge in [0.25, 0.3) is 0 Å². The summed E-state index contributed by atoms with van der Waals surface area (Å²) in [6.45, 7) is 2.94. The second-order valence-electron chi connectivity index (χ2n) is 1.91. The maximum Gasteiger partial charge on any atom is 0.233 e. The Labute approximate surface area is 55.6 Å². The lowest BCUT2D eigenvalue weighted by Crippen LogP contribution is -2.30. The van der Waals surface area contributed by atoms with Crippen LogP contribution in [0.4, 0.5) is 0 Å². The molecule has 3 N–H and O–H groups in total. The highest BCUT2D eigenvalue weighted by Crippen LogP contribution is 1.80. The largest absolute Gasteiger partial charge is 0.355 e. The molecule has 0 spiro atoms. The Kier molecular flexibility index (Phi) is 5.21. The van der Waals surface area contributed by atoms with Gasteiger partial charge in [-0.25, -0.2) is 0 Å². The molecule has 1 amide bonds. The topological polar surface area (TPSA) is 55.1 Å². The van der Waals surface area contributed by atoms with Gasteiger partial charge in [-0.2, -0.15) is 0 Å². The van der Waals surface area contributed by atoms with Crippen molar-refractivity contribution in [3.05, 3.63) is 0 Å². The number of amides is 1. The third-order valence-corrected chi connectivity index (χ3v) is 1.04. The molecule has 0 atom stereocenters. The highest BCUT2D eigenvalue weighted by molar-refractivity contribution is 5.77. The summed E-state index contributed by atoms with van der Waals surface area (Å²) in [7, 11) is 0. The summed E-state index contributed by atoms with van der Waals surface area (Å²) in [5.74, 6) is -0.0662. The van der Waals surface area contributed by atoms with Gasteiger partial charge in [-0.05, 0) is 6.42 Å². The Morgan fingerprint density at radius 3 is 2.78 bits per heavy atom. The number of carbonyl (C=O) groups is 1. The maximum atomic E-state index is 10.5. The third-order valence-electron chi connectivity index (χ3n) is 1.04. The SMILES string of the molecule is CCCCNC(=O)CN. The van der Waals surface area contributed by atoms with Gasteiger partial charge in [0.2, 0.25) is 5.91 Å². The van der Waals surface area contributed by atoms with Crippen LogP contribution in [0.15, 0.2) is 0 Å². The van der Waals surface area contributed by atoms with Gasteiger partial charge in [0.05, 0.1) is 6.54 Å². The minimum absolute atomic E-state index is 0.0662. The smallest absolute Gasteiger partial charge is 0.233 e. The highest BCUT2D eigenvalue weighted by atomic mass is 16.1. The van der Waals surface area contributed by atoms with E-state index < -0.39 is 0 Å². The van der Waals surface area contributed by atoms with Gasteiger partial charge in [0.15, 0.2) is 0 Å². The fourth-order valence-corrected chi connectivity index (χ4v) is 0.477. The average molecular weight is 130 g/mol. The highest BCUT2D eigenvalue weighted by Gasteiger charge is 1.92. The van der Waals surface area contributed by atoms with Gasteiger partial charge in [-0.1, -0.05) is 13.3 Å². The van der Waals surface area contributed by atoms with E-state index in [4.69, 9.17) is 5.73 Å². The van der Waals surface area contributed by atoms with Gasteiger partial charge in [0.1, 0.15) is 0 Å². The first-order valence-electron chi connectivity index (χ1n) is 3.28. The second-order valence-corrected chi connectivity index (χ2v) is 1.91. The fraction of sp³-hybridized carbons (Fsp3) is 0.833. The molecule has 0 aromatic heterocycles. The van der Waals surface area contributed by atoms with E-state index in [1.807, 2.05) is 0 Å². The van der Waals surface area contributed by atoms with E-state index in [1.165, 1.54) is 0 Å². The molecule has 0 rings (SSSR count). The minimum atomic E-state index is -0.0662. The van der Waals surface area contributed by atoms with Crippen molar-refractivity contribution in [3.63, 3.8) is 0 Å². The first kappa shape index (κ1) is 8.43. The monoisotopic (exact) mass is 130 g/mol. The van der Waals surface area contributed by atoms with Crippen molar-refractivity contribution in [2.75, 3.05) is 13.1 Å². The van der Waals surface area contributed by atoms with Gasteiger partial charge < -0.3 is 11.1 Å². The number of carbonyl (C=O) groups excluding carboxylic acids is 1. The van der Waals surface area contributed by atoms with Crippen LogP contribution in [0.2, 0.25) is 0 Å². The molecule has 3 heteroatoms. The van der Waals surface area contributed by atoms with E-state index in [0.717, 1.165) is 19.4 Å². The maximum absolute atomic E-state index is 10.5. The van der Waals surface area contributed by atoms with Gasteiger partial charge in [0, 0.05) is 6.54 Å². The zero-order valence-electron chi connectivity index (χ0n) is 5.81. The van der Waals surface area contributed by atoms with Crippen molar-refractivity contribution in [1.29, 1.82) is 0 Å². The molecule has 0 aliphatic heterocycles. The van der Waals surface area contributed by atoms with E-state index in [9.17, 15) is 4.79 Å². The Morgan fingerprint density at radius 1 is 1.67 bits per heavy atom. The van der Waals surface area contributed by atoms with Gasteiger partial charge in [-0.3, -0.25) is 4.79 Å². The molecule has 3 nitrogen and oxygen atoms in total. The Hall–Kier alpha value is -0.570. The summed E-state index contributed by atoms with van der Waals surface area (Å²) >= 11 is 0. The van der Waals surface area contributed by atoms with E-state index in [-0.39, 0.29) is 12.5 Å². The summed E-state index contributed by atoms with van der Waals surface area (Å²) in [6.07, 6.45) is 2.14. The van der Waals surface area contributed by atoms with Gasteiger partial charge in [-0.15, -0.1) is 0 Å². The summed E-state index contributed by atoms with van der Waals surface area (Å²) < 4.78 is 0. The summed E-state index contributed by atoms with van der Waals surface area (Å²) in [6, 6.07) is 0. The van der Waals surface area contributed by atoms with Crippen LogP contribution in [0, 0.1) is 0 Å². The van der Waals surface area contributed by atoms with Crippen molar-refractivity contribution in [3.8, 4) is 0 Å². The second kappa shape index (κ2) is 5.56. The molecule has 0 saturated heterocycles. The van der Waals surface area contributed by atoms with Crippen molar-refractivity contribution in [1.82, 2.24) is 5.32 Å². The van der Waals surface area contributed by atoms with Crippen LogP contribution in [0.25, 0.3) is 0 Å². The number of hydrogen-bond donors (Lipinski definition) is 2. The molecule has 0 bridgehead atoms. The molecule has 0 heterocycles. The fourth-order valence-electron chi connectivity index (χ4n) is 0.477. The number of nitrogens with two attached hydrogens (primary N) is 1. The number of rotatable bonds is 4. The van der Waals surface area contributed by atoms with Crippen molar-refractivity contribution < 1.29 is 4.79 Å². The molecule has 54 valence electrons. The molecule has 0 aromatic carbocycles. The molecule has 0 aliphatic carbocycles.